The van der Waals surface area contributed by atoms with Gasteiger partial charge in [0.1, 0.15) is 17.6 Å². The van der Waals surface area contributed by atoms with Gasteiger partial charge in [-0.25, -0.2) is 4.79 Å². The van der Waals surface area contributed by atoms with E-state index in [-0.39, 0.29) is 24.5 Å². The number of anilines is 1. The van der Waals surface area contributed by atoms with Crippen LogP contribution in [-0.2, 0) is 0 Å². The topological polar surface area (TPSA) is 135 Å². The molecule has 0 fully saturated rings. The molecule has 0 radical (unpaired) electrons. The zero-order valence-electron chi connectivity index (χ0n) is 14.2. The van der Waals surface area contributed by atoms with Gasteiger partial charge < -0.3 is 21.5 Å². The maximum absolute atomic E-state index is 12.4. The number of ether oxygens (including phenoxy) is 1. The largest absolute Gasteiger partial charge is 0.477 e. The highest BCUT2D eigenvalue weighted by atomic mass is 16.5. The van der Waals surface area contributed by atoms with Gasteiger partial charge in [-0.15, -0.1) is 0 Å². The van der Waals surface area contributed by atoms with Crippen LogP contribution in [0.5, 0.6) is 5.75 Å². The zero-order chi connectivity index (χ0) is 18.4. The summed E-state index contributed by atoms with van der Waals surface area (Å²) in [5.74, 6) is 0.400. The third-order valence-corrected chi connectivity index (χ3v) is 3.65. The minimum atomic E-state index is -0.391. The normalized spacial score (nSPS) is 18.0. The third-order valence-electron chi connectivity index (χ3n) is 3.65. The standard InChI is InChI=1S/C15H16N6O2.C2H6/c16-6-8-23-11-4-2-1-3-10(11)21-12(14(18)20-15(21)22)9-5-7-19-13(9)17;1-2/h1-5,7,9,13,19H,8,17-18H2,(H,20,22);1-2H3. The Labute approximate surface area is 145 Å². The number of hydrogen-bond acceptors (Lipinski definition) is 6. The van der Waals surface area contributed by atoms with Gasteiger partial charge in [0.05, 0.1) is 23.5 Å². The second kappa shape index (κ2) is 8.08. The Bertz CT molecular complexity index is 846. The number of aromatic amines is 1. The number of benzene rings is 1. The molecule has 1 aromatic carbocycles. The van der Waals surface area contributed by atoms with Crippen molar-refractivity contribution in [3.63, 3.8) is 0 Å². The van der Waals surface area contributed by atoms with Crippen molar-refractivity contribution in [2.24, 2.45) is 5.73 Å². The average Bonchev–Trinajstić information content (AvgIpc) is 3.17. The summed E-state index contributed by atoms with van der Waals surface area (Å²) in [5, 5.41) is 11.7. The number of H-pyrrole nitrogens is 1. The molecule has 8 heteroatoms. The predicted octanol–water partition coefficient (Wildman–Crippen LogP) is 1.16. The van der Waals surface area contributed by atoms with E-state index in [9.17, 15) is 4.79 Å². The van der Waals surface area contributed by atoms with Crippen molar-refractivity contribution in [1.82, 2.24) is 14.9 Å². The summed E-state index contributed by atoms with van der Waals surface area (Å²) in [6, 6.07) is 8.86. The number of nitrogens with two attached hydrogens (primary N) is 2. The van der Waals surface area contributed by atoms with Crippen LogP contribution in [-0.4, -0.2) is 22.3 Å². The molecule has 0 bridgehead atoms. The molecule has 0 saturated carbocycles. The number of para-hydroxylation sites is 2. The SMILES string of the molecule is CC.N#CCOc1ccccc1-n1c(C2C=CNC2N)c(N)[nH]c1=O. The maximum atomic E-state index is 12.4. The molecule has 132 valence electrons. The predicted molar refractivity (Wildman–Crippen MR) is 96.3 cm³/mol. The molecule has 6 N–H and O–H groups in total. The number of aromatic nitrogens is 2. The Morgan fingerprint density at radius 3 is 2.72 bits per heavy atom. The lowest BCUT2D eigenvalue weighted by Gasteiger charge is -2.19. The van der Waals surface area contributed by atoms with E-state index in [1.54, 1.807) is 30.5 Å². The quantitative estimate of drug-likeness (QED) is 0.658. The Balaban J connectivity index is 0.00000109. The number of nitriles is 1. The van der Waals surface area contributed by atoms with E-state index in [2.05, 4.69) is 10.3 Å². The second-order valence-corrected chi connectivity index (χ2v) is 5.06. The second-order valence-electron chi connectivity index (χ2n) is 5.06. The molecule has 3 rings (SSSR count). The first-order chi connectivity index (χ1) is 12.1. The molecule has 2 aromatic rings. The van der Waals surface area contributed by atoms with Gasteiger partial charge in [0.25, 0.3) is 0 Å². The van der Waals surface area contributed by atoms with Crippen LogP contribution in [0, 0.1) is 11.3 Å². The number of nitrogens with one attached hydrogen (secondary N) is 2. The zero-order valence-corrected chi connectivity index (χ0v) is 14.2. The highest BCUT2D eigenvalue weighted by Gasteiger charge is 2.29. The lowest BCUT2D eigenvalue weighted by molar-refractivity contribution is 0.366. The number of hydrogen-bond donors (Lipinski definition) is 4. The van der Waals surface area contributed by atoms with Crippen LogP contribution in [0.1, 0.15) is 25.5 Å². The van der Waals surface area contributed by atoms with Crippen LogP contribution in [0.15, 0.2) is 41.3 Å². The molecule has 1 aromatic heterocycles. The Hall–Kier alpha value is -3.18. The van der Waals surface area contributed by atoms with Gasteiger partial charge in [-0.3, -0.25) is 9.55 Å². The monoisotopic (exact) mass is 342 g/mol. The van der Waals surface area contributed by atoms with Crippen molar-refractivity contribution in [1.29, 1.82) is 5.26 Å². The Morgan fingerprint density at radius 2 is 2.08 bits per heavy atom. The third kappa shape index (κ3) is 3.51. The molecule has 0 saturated heterocycles. The number of nitrogens with zero attached hydrogens (tertiary/aromatic N) is 2. The van der Waals surface area contributed by atoms with E-state index in [0.29, 0.717) is 17.1 Å². The number of imidazole rings is 1. The van der Waals surface area contributed by atoms with Crippen LogP contribution < -0.4 is 27.2 Å². The van der Waals surface area contributed by atoms with E-state index in [0.717, 1.165) is 0 Å². The van der Waals surface area contributed by atoms with Crippen molar-refractivity contribution in [2.45, 2.75) is 25.9 Å². The highest BCUT2D eigenvalue weighted by molar-refractivity contribution is 5.53. The summed E-state index contributed by atoms with van der Waals surface area (Å²) in [6.45, 7) is 3.88. The van der Waals surface area contributed by atoms with Crippen molar-refractivity contribution < 1.29 is 4.74 Å². The van der Waals surface area contributed by atoms with E-state index < -0.39 is 5.69 Å². The van der Waals surface area contributed by atoms with Crippen molar-refractivity contribution in [3.8, 4) is 17.5 Å². The molecule has 25 heavy (non-hydrogen) atoms. The molecule has 0 amide bonds. The number of rotatable bonds is 4. The molecule has 2 unspecified atom stereocenters. The summed E-state index contributed by atoms with van der Waals surface area (Å²) in [6.07, 6.45) is 3.19. The first kappa shape index (κ1) is 18.2. The van der Waals surface area contributed by atoms with Crippen molar-refractivity contribution in [3.05, 3.63) is 52.7 Å². The van der Waals surface area contributed by atoms with Gasteiger partial charge in [-0.1, -0.05) is 32.1 Å². The first-order valence-electron chi connectivity index (χ1n) is 8.01. The molecule has 1 aliphatic heterocycles. The fraction of sp³-hybridized carbons (Fsp3) is 0.294. The van der Waals surface area contributed by atoms with E-state index in [1.165, 1.54) is 4.57 Å². The molecule has 8 nitrogen and oxygen atoms in total. The van der Waals surface area contributed by atoms with Crippen molar-refractivity contribution in [2.75, 3.05) is 12.3 Å². The van der Waals surface area contributed by atoms with Crippen LogP contribution in [0.25, 0.3) is 5.69 Å². The van der Waals surface area contributed by atoms with Crippen LogP contribution >= 0.6 is 0 Å². The minimum Gasteiger partial charge on any atom is -0.477 e. The molecule has 0 spiro atoms. The van der Waals surface area contributed by atoms with E-state index in [1.807, 2.05) is 26.0 Å². The van der Waals surface area contributed by atoms with Gasteiger partial charge in [-0.2, -0.15) is 5.26 Å². The summed E-state index contributed by atoms with van der Waals surface area (Å²) < 4.78 is 6.84. The Morgan fingerprint density at radius 1 is 1.36 bits per heavy atom. The van der Waals surface area contributed by atoms with Gasteiger partial charge in [0, 0.05) is 0 Å². The lowest BCUT2D eigenvalue weighted by Crippen LogP contribution is -2.36. The molecule has 2 heterocycles. The molecule has 1 aliphatic rings. The first-order valence-corrected chi connectivity index (χ1v) is 8.01. The average molecular weight is 342 g/mol. The fourth-order valence-corrected chi connectivity index (χ4v) is 2.66. The van der Waals surface area contributed by atoms with Crippen LogP contribution in [0.3, 0.4) is 0 Å². The van der Waals surface area contributed by atoms with Crippen LogP contribution in [0.4, 0.5) is 5.82 Å². The van der Waals surface area contributed by atoms with Gasteiger partial charge >= 0.3 is 5.69 Å². The smallest absolute Gasteiger partial charge is 0.332 e. The molecule has 0 aliphatic carbocycles. The summed E-state index contributed by atoms with van der Waals surface area (Å²) >= 11 is 0. The molecular weight excluding hydrogens is 320 g/mol. The number of nitrogen functional groups attached to an aromatic ring is 1. The lowest BCUT2D eigenvalue weighted by atomic mass is 10.0. The molecule has 2 atom stereocenters. The van der Waals surface area contributed by atoms with E-state index >= 15 is 0 Å². The fourth-order valence-electron chi connectivity index (χ4n) is 2.66. The van der Waals surface area contributed by atoms with Crippen molar-refractivity contribution >= 4 is 5.82 Å². The summed E-state index contributed by atoms with van der Waals surface area (Å²) in [4.78, 5) is 15.0. The van der Waals surface area contributed by atoms with E-state index in [4.69, 9.17) is 21.5 Å². The highest BCUT2D eigenvalue weighted by Crippen LogP contribution is 2.31. The van der Waals surface area contributed by atoms with Gasteiger partial charge in [0.2, 0.25) is 0 Å². The Kier molecular flexibility index (Phi) is 5.87. The summed E-state index contributed by atoms with van der Waals surface area (Å²) in [7, 11) is 0. The van der Waals surface area contributed by atoms with Gasteiger partial charge in [0.15, 0.2) is 6.61 Å². The van der Waals surface area contributed by atoms with Gasteiger partial charge in [-0.05, 0) is 18.3 Å². The maximum Gasteiger partial charge on any atom is 0.332 e. The van der Waals surface area contributed by atoms with Crippen LogP contribution in [0.2, 0.25) is 0 Å². The minimum absolute atomic E-state index is 0.120. The summed E-state index contributed by atoms with van der Waals surface area (Å²) in [5.41, 5.74) is 12.7. The molecular formula is C17H22N6O2.